The highest BCUT2D eigenvalue weighted by Crippen LogP contribution is 2.34. The molecule has 0 aliphatic rings. The fourth-order valence-corrected chi connectivity index (χ4v) is 2.69. The number of rotatable bonds is 2. The third kappa shape index (κ3) is 2.40. The van der Waals surface area contributed by atoms with Crippen LogP contribution in [-0.4, -0.2) is 13.4 Å². The van der Waals surface area contributed by atoms with Crippen molar-refractivity contribution < 1.29 is 17.2 Å². The number of halogens is 4. The molecule has 0 unspecified atom stereocenters. The maximum Gasteiger partial charge on any atom is 0.266 e. The quantitative estimate of drug-likeness (QED) is 0.783. The zero-order chi connectivity index (χ0) is 12.5. The van der Waals surface area contributed by atoms with E-state index < -0.39 is 36.7 Å². The first-order chi connectivity index (χ1) is 7.29. The van der Waals surface area contributed by atoms with Crippen molar-refractivity contribution >= 4 is 31.3 Å². The van der Waals surface area contributed by atoms with Crippen molar-refractivity contribution in [1.29, 1.82) is 5.26 Å². The second kappa shape index (κ2) is 4.49. The summed E-state index contributed by atoms with van der Waals surface area (Å²) in [6.45, 7) is 0. The van der Waals surface area contributed by atoms with Crippen LogP contribution in [-0.2, 0) is 9.05 Å². The van der Waals surface area contributed by atoms with Gasteiger partial charge in [0, 0.05) is 16.9 Å². The van der Waals surface area contributed by atoms with E-state index in [9.17, 15) is 17.2 Å². The van der Waals surface area contributed by atoms with E-state index in [0.717, 1.165) is 0 Å². The van der Waals surface area contributed by atoms with Gasteiger partial charge in [-0.2, -0.15) is 5.26 Å². The zero-order valence-electron chi connectivity index (χ0n) is 7.29. The molecule has 1 heterocycles. The van der Waals surface area contributed by atoms with E-state index in [4.69, 9.17) is 27.5 Å². The lowest BCUT2D eigenvalue weighted by molar-refractivity contribution is 0.151. The summed E-state index contributed by atoms with van der Waals surface area (Å²) in [5.74, 6) is 0. The van der Waals surface area contributed by atoms with Crippen molar-refractivity contribution in [2.24, 2.45) is 0 Å². The van der Waals surface area contributed by atoms with Gasteiger partial charge in [-0.25, -0.2) is 22.2 Å². The molecule has 0 radical (unpaired) electrons. The Balaban J connectivity index is 3.69. The number of nitrogens with zero attached hydrogens (tertiary/aromatic N) is 2. The first kappa shape index (κ1) is 13.1. The van der Waals surface area contributed by atoms with Gasteiger partial charge < -0.3 is 0 Å². The number of aromatic nitrogens is 1. The summed E-state index contributed by atoms with van der Waals surface area (Å²) < 4.78 is 46.9. The van der Waals surface area contributed by atoms with Gasteiger partial charge in [-0.05, 0) is 0 Å². The zero-order valence-corrected chi connectivity index (χ0v) is 9.61. The fraction of sp³-hybridized carbons (Fsp3) is 0.143. The van der Waals surface area contributed by atoms with Gasteiger partial charge in [0.25, 0.3) is 15.5 Å². The largest absolute Gasteiger partial charge is 0.266 e. The SMILES string of the molecule is N#Cc1ncc(C(F)F)c(Cl)c1S(=O)(=O)Cl. The first-order valence-electron chi connectivity index (χ1n) is 3.60. The summed E-state index contributed by atoms with van der Waals surface area (Å²) in [5, 5.41) is 7.77. The summed E-state index contributed by atoms with van der Waals surface area (Å²) in [4.78, 5) is 2.36. The third-order valence-electron chi connectivity index (χ3n) is 1.59. The van der Waals surface area contributed by atoms with Crippen LogP contribution >= 0.6 is 22.3 Å². The van der Waals surface area contributed by atoms with E-state index in [1.54, 1.807) is 0 Å². The van der Waals surface area contributed by atoms with Crippen LogP contribution in [0.15, 0.2) is 11.1 Å². The van der Waals surface area contributed by atoms with Crippen LogP contribution < -0.4 is 0 Å². The van der Waals surface area contributed by atoms with Crippen molar-refractivity contribution in [3.8, 4) is 6.07 Å². The first-order valence-corrected chi connectivity index (χ1v) is 6.29. The maximum atomic E-state index is 12.4. The van der Waals surface area contributed by atoms with Crippen LogP contribution in [0.5, 0.6) is 0 Å². The van der Waals surface area contributed by atoms with Crippen LogP contribution in [0.1, 0.15) is 17.7 Å². The number of hydrogen-bond acceptors (Lipinski definition) is 4. The summed E-state index contributed by atoms with van der Waals surface area (Å²) >= 11 is 5.44. The lowest BCUT2D eigenvalue weighted by Crippen LogP contribution is -2.02. The van der Waals surface area contributed by atoms with Crippen molar-refractivity contribution in [3.05, 3.63) is 22.5 Å². The Hall–Kier alpha value is -0.970. The van der Waals surface area contributed by atoms with Gasteiger partial charge in [-0.3, -0.25) is 0 Å². The average Bonchev–Trinajstić information content (AvgIpc) is 2.14. The molecule has 0 aromatic carbocycles. The van der Waals surface area contributed by atoms with E-state index in [1.165, 1.54) is 6.07 Å². The van der Waals surface area contributed by atoms with Crippen LogP contribution in [0.2, 0.25) is 5.02 Å². The lowest BCUT2D eigenvalue weighted by atomic mass is 10.2. The highest BCUT2D eigenvalue weighted by atomic mass is 35.7. The minimum Gasteiger partial charge on any atom is -0.244 e. The lowest BCUT2D eigenvalue weighted by Gasteiger charge is -2.06. The molecule has 4 nitrogen and oxygen atoms in total. The number of hydrogen-bond donors (Lipinski definition) is 0. The number of alkyl halides is 2. The van der Waals surface area contributed by atoms with Gasteiger partial charge >= 0.3 is 0 Å². The van der Waals surface area contributed by atoms with E-state index in [1.807, 2.05) is 0 Å². The smallest absolute Gasteiger partial charge is 0.244 e. The van der Waals surface area contributed by atoms with Crippen LogP contribution in [0.4, 0.5) is 8.78 Å². The molecule has 0 atom stereocenters. The Labute approximate surface area is 98.8 Å². The minimum atomic E-state index is -4.41. The molecule has 0 fully saturated rings. The summed E-state index contributed by atoms with van der Waals surface area (Å²) in [7, 11) is 0.566. The molecule has 0 N–H and O–H groups in total. The summed E-state index contributed by atoms with van der Waals surface area (Å²) in [6, 6.07) is 1.41. The molecule has 1 rings (SSSR count). The summed E-state index contributed by atoms with van der Waals surface area (Å²) in [6.07, 6.45) is -2.37. The van der Waals surface area contributed by atoms with Gasteiger partial charge in [0.2, 0.25) is 0 Å². The van der Waals surface area contributed by atoms with Crippen molar-refractivity contribution in [2.45, 2.75) is 11.3 Å². The van der Waals surface area contributed by atoms with E-state index in [0.29, 0.717) is 6.20 Å². The Morgan fingerprint density at radius 2 is 2.06 bits per heavy atom. The van der Waals surface area contributed by atoms with Gasteiger partial charge in [-0.1, -0.05) is 11.6 Å². The van der Waals surface area contributed by atoms with Crippen LogP contribution in [0.25, 0.3) is 0 Å². The molecule has 86 valence electrons. The second-order valence-electron chi connectivity index (χ2n) is 2.56. The number of nitriles is 1. The van der Waals surface area contributed by atoms with Crippen molar-refractivity contribution in [2.75, 3.05) is 0 Å². The molecule has 0 aliphatic heterocycles. The van der Waals surface area contributed by atoms with E-state index >= 15 is 0 Å². The van der Waals surface area contributed by atoms with E-state index in [-0.39, 0.29) is 0 Å². The molecule has 0 aliphatic carbocycles. The molecule has 1 aromatic rings. The minimum absolute atomic E-state index is 0.621. The van der Waals surface area contributed by atoms with Crippen molar-refractivity contribution in [1.82, 2.24) is 4.98 Å². The molecule has 0 amide bonds. The Kier molecular flexibility index (Phi) is 3.68. The molecule has 1 aromatic heterocycles. The molecule has 0 saturated heterocycles. The molecule has 9 heteroatoms. The number of pyridine rings is 1. The van der Waals surface area contributed by atoms with Gasteiger partial charge in [0.15, 0.2) is 5.69 Å². The second-order valence-corrected chi connectivity index (χ2v) is 5.44. The van der Waals surface area contributed by atoms with Crippen LogP contribution in [0, 0.1) is 11.3 Å². The molecule has 0 bridgehead atoms. The highest BCUT2D eigenvalue weighted by molar-refractivity contribution is 8.13. The van der Waals surface area contributed by atoms with Crippen LogP contribution in [0.3, 0.4) is 0 Å². The molecule has 0 spiro atoms. The predicted molar refractivity (Wildman–Crippen MR) is 52.0 cm³/mol. The van der Waals surface area contributed by atoms with Gasteiger partial charge in [0.1, 0.15) is 11.0 Å². The van der Waals surface area contributed by atoms with E-state index in [2.05, 4.69) is 4.98 Å². The van der Waals surface area contributed by atoms with Crippen molar-refractivity contribution in [3.63, 3.8) is 0 Å². The molecular weight excluding hydrogens is 285 g/mol. The highest BCUT2D eigenvalue weighted by Gasteiger charge is 2.26. The normalized spacial score (nSPS) is 11.5. The van der Waals surface area contributed by atoms with Gasteiger partial charge in [0.05, 0.1) is 10.6 Å². The maximum absolute atomic E-state index is 12.4. The predicted octanol–water partition coefficient (Wildman–Crippen LogP) is 2.47. The molecular formula is C7H2Cl2F2N2O2S. The Bertz CT molecular complexity index is 568. The standard InChI is InChI=1S/C7H2Cl2F2N2O2S/c8-5-3(7(10)11)2-13-4(1-12)6(5)16(9,14)15/h2,7H. The van der Waals surface area contributed by atoms with Gasteiger partial charge in [-0.15, -0.1) is 0 Å². The summed E-state index contributed by atoms with van der Waals surface area (Å²) in [5.41, 5.74) is -1.41. The fourth-order valence-electron chi connectivity index (χ4n) is 0.939. The topological polar surface area (TPSA) is 70.8 Å². The third-order valence-corrected chi connectivity index (χ3v) is 3.45. The monoisotopic (exact) mass is 286 g/mol. The molecule has 16 heavy (non-hydrogen) atoms. The molecule has 0 saturated carbocycles. The Morgan fingerprint density at radius 1 is 1.50 bits per heavy atom. The average molecular weight is 287 g/mol. The Morgan fingerprint density at radius 3 is 2.44 bits per heavy atom.